The number of hydrogen-bond donors (Lipinski definition) is 1. The minimum atomic E-state index is -0.348. The average molecular weight is 420 g/mol. The molecule has 1 unspecified atom stereocenters. The lowest BCUT2D eigenvalue weighted by Gasteiger charge is -2.18. The monoisotopic (exact) mass is 419 g/mol. The minimum Gasteiger partial charge on any atom is -0.462 e. The number of rotatable bonds is 5. The van der Waals surface area contributed by atoms with E-state index in [1.165, 1.54) is 16.2 Å². The SMILES string of the molecule is CCOC(=O)c1c(NC(=O)c2ccc(-c3ccccc3)cc2)sc2c1CCC(C)C2. The molecule has 0 aliphatic heterocycles. The highest BCUT2D eigenvalue weighted by Gasteiger charge is 2.29. The summed E-state index contributed by atoms with van der Waals surface area (Å²) in [6, 6.07) is 17.6. The Morgan fingerprint density at radius 3 is 2.47 bits per heavy atom. The molecule has 4 rings (SSSR count). The standard InChI is InChI=1S/C25H25NO3S/c1-3-29-25(28)22-20-14-9-16(2)15-21(20)30-24(22)26-23(27)19-12-10-18(11-13-19)17-7-5-4-6-8-17/h4-8,10-13,16H,3,9,14-15H2,1-2H3,(H,26,27). The zero-order valence-electron chi connectivity index (χ0n) is 17.2. The molecule has 1 heterocycles. The second-order valence-corrected chi connectivity index (χ2v) is 8.78. The molecule has 0 fully saturated rings. The fourth-order valence-corrected chi connectivity index (χ4v) is 5.27. The van der Waals surface area contributed by atoms with Gasteiger partial charge in [-0.05, 0) is 60.9 Å². The molecule has 1 N–H and O–H groups in total. The van der Waals surface area contributed by atoms with Crippen LogP contribution in [0.4, 0.5) is 5.00 Å². The van der Waals surface area contributed by atoms with Crippen molar-refractivity contribution < 1.29 is 14.3 Å². The van der Waals surface area contributed by atoms with E-state index in [9.17, 15) is 9.59 Å². The summed E-state index contributed by atoms with van der Waals surface area (Å²) in [5.74, 6) is 0.0198. The first-order valence-electron chi connectivity index (χ1n) is 10.3. The molecule has 1 aliphatic carbocycles. The minimum absolute atomic E-state index is 0.216. The maximum absolute atomic E-state index is 12.9. The number of ether oxygens (including phenoxy) is 1. The van der Waals surface area contributed by atoms with Gasteiger partial charge in [0.1, 0.15) is 5.00 Å². The highest BCUT2D eigenvalue weighted by atomic mass is 32.1. The van der Waals surface area contributed by atoms with Gasteiger partial charge in [-0.25, -0.2) is 4.79 Å². The first kappa shape index (κ1) is 20.4. The fraction of sp³-hybridized carbons (Fsp3) is 0.280. The predicted molar refractivity (Wildman–Crippen MR) is 121 cm³/mol. The van der Waals surface area contributed by atoms with Crippen LogP contribution in [0.25, 0.3) is 11.1 Å². The number of carbonyl (C=O) groups excluding carboxylic acids is 2. The normalized spacial score (nSPS) is 15.3. The quantitative estimate of drug-likeness (QED) is 0.519. The third-order valence-corrected chi connectivity index (χ3v) is 6.64. The van der Waals surface area contributed by atoms with Gasteiger partial charge in [-0.15, -0.1) is 11.3 Å². The van der Waals surface area contributed by atoms with Crippen molar-refractivity contribution in [3.63, 3.8) is 0 Å². The summed E-state index contributed by atoms with van der Waals surface area (Å²) in [4.78, 5) is 26.7. The molecule has 0 radical (unpaired) electrons. The van der Waals surface area contributed by atoms with Crippen molar-refractivity contribution in [2.75, 3.05) is 11.9 Å². The lowest BCUT2D eigenvalue weighted by Crippen LogP contribution is -2.16. The molecule has 5 heteroatoms. The number of thiophene rings is 1. The van der Waals surface area contributed by atoms with E-state index < -0.39 is 0 Å². The number of fused-ring (bicyclic) bond motifs is 1. The van der Waals surface area contributed by atoms with Crippen LogP contribution in [-0.4, -0.2) is 18.5 Å². The van der Waals surface area contributed by atoms with Crippen LogP contribution >= 0.6 is 11.3 Å². The molecule has 4 nitrogen and oxygen atoms in total. The van der Waals surface area contributed by atoms with Gasteiger partial charge in [0.05, 0.1) is 12.2 Å². The van der Waals surface area contributed by atoms with Gasteiger partial charge < -0.3 is 10.1 Å². The Hall–Kier alpha value is -2.92. The van der Waals surface area contributed by atoms with Crippen LogP contribution in [0.1, 0.15) is 51.4 Å². The van der Waals surface area contributed by atoms with Crippen molar-refractivity contribution in [3.05, 3.63) is 76.2 Å². The smallest absolute Gasteiger partial charge is 0.341 e. The first-order valence-corrected chi connectivity index (χ1v) is 11.2. The first-order chi connectivity index (χ1) is 14.6. The van der Waals surface area contributed by atoms with Crippen LogP contribution in [0.2, 0.25) is 0 Å². The zero-order chi connectivity index (χ0) is 21.1. The van der Waals surface area contributed by atoms with Crippen LogP contribution in [0.3, 0.4) is 0 Å². The fourth-order valence-electron chi connectivity index (χ4n) is 3.88. The summed E-state index contributed by atoms with van der Waals surface area (Å²) in [5, 5.41) is 3.58. The van der Waals surface area contributed by atoms with Crippen LogP contribution in [-0.2, 0) is 17.6 Å². The molecular formula is C25H25NO3S. The van der Waals surface area contributed by atoms with E-state index >= 15 is 0 Å². The summed E-state index contributed by atoms with van der Waals surface area (Å²) >= 11 is 1.51. The number of amides is 1. The Morgan fingerprint density at radius 2 is 1.77 bits per heavy atom. The number of nitrogens with one attached hydrogen (secondary N) is 1. The Labute approximate surface area is 180 Å². The number of anilines is 1. The van der Waals surface area contributed by atoms with Gasteiger partial charge in [-0.3, -0.25) is 4.79 Å². The highest BCUT2D eigenvalue weighted by molar-refractivity contribution is 7.17. The van der Waals surface area contributed by atoms with Crippen molar-refractivity contribution in [2.45, 2.75) is 33.1 Å². The topological polar surface area (TPSA) is 55.4 Å². The van der Waals surface area contributed by atoms with Gasteiger partial charge in [0.15, 0.2) is 0 Å². The van der Waals surface area contributed by atoms with Crippen molar-refractivity contribution in [1.82, 2.24) is 0 Å². The van der Waals surface area contributed by atoms with E-state index in [1.54, 1.807) is 6.92 Å². The summed E-state index contributed by atoms with van der Waals surface area (Å²) < 4.78 is 5.29. The lowest BCUT2D eigenvalue weighted by molar-refractivity contribution is 0.0526. The van der Waals surface area contributed by atoms with E-state index in [-0.39, 0.29) is 11.9 Å². The number of carbonyl (C=O) groups is 2. The third-order valence-electron chi connectivity index (χ3n) is 5.47. The molecule has 1 atom stereocenters. The van der Waals surface area contributed by atoms with Gasteiger partial charge >= 0.3 is 5.97 Å². The molecule has 30 heavy (non-hydrogen) atoms. The highest BCUT2D eigenvalue weighted by Crippen LogP contribution is 2.40. The van der Waals surface area contributed by atoms with Crippen molar-refractivity contribution in [2.24, 2.45) is 5.92 Å². The number of hydrogen-bond acceptors (Lipinski definition) is 4. The second kappa shape index (κ2) is 8.84. The molecule has 0 saturated heterocycles. The lowest BCUT2D eigenvalue weighted by atomic mass is 9.88. The maximum atomic E-state index is 12.9. The summed E-state index contributed by atoms with van der Waals surface area (Å²) in [6.07, 6.45) is 2.83. The summed E-state index contributed by atoms with van der Waals surface area (Å²) in [7, 11) is 0. The van der Waals surface area contributed by atoms with E-state index in [4.69, 9.17) is 4.74 Å². The van der Waals surface area contributed by atoms with E-state index in [2.05, 4.69) is 12.2 Å². The van der Waals surface area contributed by atoms with Crippen LogP contribution in [0, 0.1) is 5.92 Å². The summed E-state index contributed by atoms with van der Waals surface area (Å²) in [6.45, 7) is 4.33. The third kappa shape index (κ3) is 4.17. The molecule has 1 amide bonds. The van der Waals surface area contributed by atoms with E-state index in [0.717, 1.165) is 36.0 Å². The van der Waals surface area contributed by atoms with Crippen molar-refractivity contribution in [1.29, 1.82) is 0 Å². The van der Waals surface area contributed by atoms with E-state index in [0.29, 0.717) is 28.7 Å². The average Bonchev–Trinajstić information content (AvgIpc) is 3.11. The largest absolute Gasteiger partial charge is 0.462 e. The van der Waals surface area contributed by atoms with Gasteiger partial charge in [-0.1, -0.05) is 49.4 Å². The Bertz CT molecular complexity index is 1050. The van der Waals surface area contributed by atoms with Crippen LogP contribution in [0.5, 0.6) is 0 Å². The van der Waals surface area contributed by atoms with Crippen molar-refractivity contribution in [3.8, 4) is 11.1 Å². The maximum Gasteiger partial charge on any atom is 0.341 e. The Kier molecular flexibility index (Phi) is 6.00. The van der Waals surface area contributed by atoms with Crippen molar-refractivity contribution >= 4 is 28.2 Å². The summed E-state index contributed by atoms with van der Waals surface area (Å²) in [5.41, 5.74) is 4.31. The van der Waals surface area contributed by atoms with Gasteiger partial charge in [0.25, 0.3) is 5.91 Å². The van der Waals surface area contributed by atoms with E-state index in [1.807, 2.05) is 54.6 Å². The van der Waals surface area contributed by atoms with Crippen LogP contribution < -0.4 is 5.32 Å². The van der Waals surface area contributed by atoms with Gasteiger partial charge in [0, 0.05) is 10.4 Å². The van der Waals surface area contributed by atoms with Gasteiger partial charge in [0.2, 0.25) is 0 Å². The molecule has 0 spiro atoms. The molecule has 1 aromatic heterocycles. The molecule has 154 valence electrons. The molecule has 2 aromatic carbocycles. The number of benzene rings is 2. The predicted octanol–water partition coefficient (Wildman–Crippen LogP) is 5.97. The van der Waals surface area contributed by atoms with Crippen LogP contribution in [0.15, 0.2) is 54.6 Å². The molecule has 3 aromatic rings. The molecule has 0 saturated carbocycles. The Morgan fingerprint density at radius 1 is 1.07 bits per heavy atom. The number of esters is 1. The molecule has 0 bridgehead atoms. The Balaban J connectivity index is 1.59. The molecule has 1 aliphatic rings. The zero-order valence-corrected chi connectivity index (χ0v) is 18.1. The van der Waals surface area contributed by atoms with Gasteiger partial charge in [-0.2, -0.15) is 0 Å². The second-order valence-electron chi connectivity index (χ2n) is 7.67. The molecular weight excluding hydrogens is 394 g/mol.